The molecule has 2 heterocycles. The molecule has 0 saturated carbocycles. The van der Waals surface area contributed by atoms with E-state index in [0.717, 1.165) is 30.0 Å². The van der Waals surface area contributed by atoms with Crippen molar-refractivity contribution in [3.63, 3.8) is 0 Å². The molecule has 0 fully saturated rings. The fraction of sp³-hybridized carbons (Fsp3) is 0.143. The number of rotatable bonds is 4. The molecule has 1 aromatic carbocycles. The highest BCUT2D eigenvalue weighted by Gasteiger charge is 2.04. The van der Waals surface area contributed by atoms with Crippen LogP contribution >= 0.6 is 11.3 Å². The molecule has 0 spiro atoms. The van der Waals surface area contributed by atoms with Gasteiger partial charge >= 0.3 is 0 Å². The third-order valence-corrected chi connectivity index (χ3v) is 3.62. The third-order valence-electron chi connectivity index (χ3n) is 2.89. The first-order chi connectivity index (χ1) is 9.31. The van der Waals surface area contributed by atoms with Crippen LogP contribution in [-0.4, -0.2) is 14.8 Å². The Morgan fingerprint density at radius 1 is 1.26 bits per heavy atom. The normalized spacial score (nSPS) is 10.7. The third kappa shape index (κ3) is 2.82. The predicted molar refractivity (Wildman–Crippen MR) is 77.9 cm³/mol. The van der Waals surface area contributed by atoms with Crippen molar-refractivity contribution in [3.05, 3.63) is 53.0 Å². The highest BCUT2D eigenvalue weighted by Crippen LogP contribution is 2.17. The topological polar surface area (TPSA) is 56.7 Å². The summed E-state index contributed by atoms with van der Waals surface area (Å²) in [4.78, 5) is 4.33. The molecule has 2 aromatic heterocycles. The first-order valence-electron chi connectivity index (χ1n) is 6.08. The summed E-state index contributed by atoms with van der Waals surface area (Å²) >= 11 is 1.72. The van der Waals surface area contributed by atoms with Gasteiger partial charge in [0.25, 0.3) is 0 Å². The summed E-state index contributed by atoms with van der Waals surface area (Å²) < 4.78 is 1.87. The molecule has 0 radical (unpaired) electrons. The van der Waals surface area contributed by atoms with Gasteiger partial charge in [-0.3, -0.25) is 4.68 Å². The standard InChI is InChI=1S/C14H14N4S/c15-13-3-1-2-12(8-13)14-16-10-18(17-14)6-4-11-5-7-19-9-11/h1-3,5,7-10H,4,6,15H2. The Balaban J connectivity index is 1.72. The van der Waals surface area contributed by atoms with E-state index in [9.17, 15) is 0 Å². The maximum atomic E-state index is 5.76. The quantitative estimate of drug-likeness (QED) is 0.742. The number of hydrogen-bond acceptors (Lipinski definition) is 4. The van der Waals surface area contributed by atoms with Crippen LogP contribution in [0.5, 0.6) is 0 Å². The van der Waals surface area contributed by atoms with E-state index in [1.807, 2.05) is 28.9 Å². The van der Waals surface area contributed by atoms with Gasteiger partial charge in [-0.25, -0.2) is 4.98 Å². The first-order valence-corrected chi connectivity index (χ1v) is 7.02. The summed E-state index contributed by atoms with van der Waals surface area (Å²) in [5.41, 5.74) is 8.79. The Labute approximate surface area is 115 Å². The number of nitrogen functional groups attached to an aromatic ring is 1. The highest BCUT2D eigenvalue weighted by atomic mass is 32.1. The minimum absolute atomic E-state index is 0.720. The molecule has 19 heavy (non-hydrogen) atoms. The van der Waals surface area contributed by atoms with Gasteiger partial charge in [-0.1, -0.05) is 12.1 Å². The van der Waals surface area contributed by atoms with Crippen molar-refractivity contribution in [1.82, 2.24) is 14.8 Å². The van der Waals surface area contributed by atoms with Crippen LogP contribution in [0.15, 0.2) is 47.4 Å². The van der Waals surface area contributed by atoms with Crippen molar-refractivity contribution in [2.45, 2.75) is 13.0 Å². The van der Waals surface area contributed by atoms with Gasteiger partial charge in [0.2, 0.25) is 0 Å². The van der Waals surface area contributed by atoms with E-state index in [0.29, 0.717) is 0 Å². The molecule has 0 aliphatic carbocycles. The zero-order chi connectivity index (χ0) is 13.1. The maximum absolute atomic E-state index is 5.76. The van der Waals surface area contributed by atoms with Gasteiger partial charge in [-0.15, -0.1) is 0 Å². The lowest BCUT2D eigenvalue weighted by atomic mass is 10.2. The number of anilines is 1. The minimum atomic E-state index is 0.720. The SMILES string of the molecule is Nc1cccc(-c2ncn(CCc3ccsc3)n2)c1. The van der Waals surface area contributed by atoms with Crippen LogP contribution in [0, 0.1) is 0 Å². The maximum Gasteiger partial charge on any atom is 0.181 e. The van der Waals surface area contributed by atoms with Gasteiger partial charge in [0.1, 0.15) is 6.33 Å². The summed E-state index contributed by atoms with van der Waals surface area (Å²) in [6.45, 7) is 0.839. The van der Waals surface area contributed by atoms with Crippen LogP contribution in [0.4, 0.5) is 5.69 Å². The number of hydrogen-bond donors (Lipinski definition) is 1. The van der Waals surface area contributed by atoms with E-state index in [1.54, 1.807) is 17.7 Å². The summed E-state index contributed by atoms with van der Waals surface area (Å²) in [6.07, 6.45) is 2.74. The second-order valence-electron chi connectivity index (χ2n) is 4.34. The largest absolute Gasteiger partial charge is 0.399 e. The predicted octanol–water partition coefficient (Wildman–Crippen LogP) is 2.83. The summed E-state index contributed by atoms with van der Waals surface area (Å²) in [5, 5.41) is 8.73. The van der Waals surface area contributed by atoms with Gasteiger partial charge < -0.3 is 5.73 Å². The molecule has 0 aliphatic rings. The fourth-order valence-corrected chi connectivity index (χ4v) is 2.59. The summed E-state index contributed by atoms with van der Waals surface area (Å²) in [7, 11) is 0. The zero-order valence-corrected chi connectivity index (χ0v) is 11.2. The van der Waals surface area contributed by atoms with Gasteiger partial charge in [-0.05, 0) is 40.9 Å². The number of aryl methyl sites for hydroxylation is 2. The molecule has 0 amide bonds. The van der Waals surface area contributed by atoms with Gasteiger partial charge in [0.15, 0.2) is 5.82 Å². The summed E-state index contributed by atoms with van der Waals surface area (Å²) in [5.74, 6) is 0.720. The second kappa shape index (κ2) is 5.24. The van der Waals surface area contributed by atoms with Gasteiger partial charge in [0.05, 0.1) is 0 Å². The van der Waals surface area contributed by atoms with Crippen molar-refractivity contribution in [2.75, 3.05) is 5.73 Å². The lowest BCUT2D eigenvalue weighted by molar-refractivity contribution is 0.615. The number of benzene rings is 1. The minimum Gasteiger partial charge on any atom is -0.399 e. The lowest BCUT2D eigenvalue weighted by Crippen LogP contribution is -2.01. The van der Waals surface area contributed by atoms with Crippen molar-refractivity contribution < 1.29 is 0 Å². The molecule has 0 bridgehead atoms. The molecule has 4 nitrogen and oxygen atoms in total. The van der Waals surface area contributed by atoms with E-state index in [1.165, 1.54) is 5.56 Å². The van der Waals surface area contributed by atoms with Crippen LogP contribution in [0.25, 0.3) is 11.4 Å². The highest BCUT2D eigenvalue weighted by molar-refractivity contribution is 7.07. The molecular weight excluding hydrogens is 256 g/mol. The average molecular weight is 270 g/mol. The van der Waals surface area contributed by atoms with E-state index in [-0.39, 0.29) is 0 Å². The fourth-order valence-electron chi connectivity index (χ4n) is 1.89. The van der Waals surface area contributed by atoms with Crippen LogP contribution < -0.4 is 5.73 Å². The zero-order valence-electron chi connectivity index (χ0n) is 10.4. The molecular formula is C14H14N4S. The van der Waals surface area contributed by atoms with Crippen molar-refractivity contribution in [1.29, 1.82) is 0 Å². The summed E-state index contributed by atoms with van der Waals surface area (Å²) in [6, 6.07) is 9.77. The molecule has 0 atom stereocenters. The number of nitrogens with zero attached hydrogens (tertiary/aromatic N) is 3. The van der Waals surface area contributed by atoms with E-state index >= 15 is 0 Å². The van der Waals surface area contributed by atoms with Crippen LogP contribution in [0.1, 0.15) is 5.56 Å². The Hall–Kier alpha value is -2.14. The molecule has 2 N–H and O–H groups in total. The number of thiophene rings is 1. The second-order valence-corrected chi connectivity index (χ2v) is 5.12. The van der Waals surface area contributed by atoms with Crippen LogP contribution in [0.3, 0.4) is 0 Å². The smallest absolute Gasteiger partial charge is 0.181 e. The molecule has 0 unspecified atom stereocenters. The lowest BCUT2D eigenvalue weighted by Gasteiger charge is -1.99. The monoisotopic (exact) mass is 270 g/mol. The Morgan fingerprint density at radius 3 is 3.00 bits per heavy atom. The van der Waals surface area contributed by atoms with Crippen molar-refractivity contribution in [3.8, 4) is 11.4 Å². The van der Waals surface area contributed by atoms with Crippen molar-refractivity contribution in [2.24, 2.45) is 0 Å². The van der Waals surface area contributed by atoms with Gasteiger partial charge in [0, 0.05) is 17.8 Å². The molecule has 0 aliphatic heterocycles. The molecule has 96 valence electrons. The Morgan fingerprint density at radius 2 is 2.21 bits per heavy atom. The molecule has 5 heteroatoms. The van der Waals surface area contributed by atoms with Crippen LogP contribution in [0.2, 0.25) is 0 Å². The molecule has 0 saturated heterocycles. The van der Waals surface area contributed by atoms with E-state index < -0.39 is 0 Å². The number of nitrogens with two attached hydrogens (primary N) is 1. The van der Waals surface area contributed by atoms with E-state index in [4.69, 9.17) is 5.73 Å². The Bertz CT molecular complexity index is 658. The van der Waals surface area contributed by atoms with Gasteiger partial charge in [-0.2, -0.15) is 16.4 Å². The first kappa shape index (κ1) is 11.9. The Kier molecular flexibility index (Phi) is 3.29. The van der Waals surface area contributed by atoms with Crippen LogP contribution in [-0.2, 0) is 13.0 Å². The van der Waals surface area contributed by atoms with Crippen molar-refractivity contribution >= 4 is 17.0 Å². The number of aromatic nitrogens is 3. The van der Waals surface area contributed by atoms with E-state index in [2.05, 4.69) is 26.9 Å². The molecule has 3 aromatic rings. The average Bonchev–Trinajstić information content (AvgIpc) is 3.08. The molecule has 3 rings (SSSR count).